The Hall–Kier alpha value is -2.34. The van der Waals surface area contributed by atoms with Gasteiger partial charge in [-0.05, 0) is 18.9 Å². The molecule has 6 heteroatoms. The van der Waals surface area contributed by atoms with Crippen LogP contribution >= 0.6 is 0 Å². The summed E-state index contributed by atoms with van der Waals surface area (Å²) in [6, 6.07) is 8.85. The fourth-order valence-electron chi connectivity index (χ4n) is 1.93. The predicted molar refractivity (Wildman–Crippen MR) is 74.0 cm³/mol. The van der Waals surface area contributed by atoms with E-state index in [4.69, 9.17) is 0 Å². The lowest BCUT2D eigenvalue weighted by molar-refractivity contribution is -0.384. The monoisotopic (exact) mass is 270 g/mol. The van der Waals surface area contributed by atoms with Gasteiger partial charge < -0.3 is 5.32 Å². The smallest absolute Gasteiger partial charge is 0.270 e. The van der Waals surface area contributed by atoms with E-state index in [0.717, 1.165) is 5.69 Å². The van der Waals surface area contributed by atoms with Crippen LogP contribution in [-0.4, -0.2) is 20.9 Å². The maximum absolute atomic E-state index is 10.8. The Labute approximate surface area is 116 Å². The molecule has 1 aliphatic rings. The SMILES string of the molecule is O=[N+]([O-])c1cccc(-c2nccc(CNC3CC3)n2)c1. The van der Waals surface area contributed by atoms with Gasteiger partial charge in [0.25, 0.3) is 5.69 Å². The van der Waals surface area contributed by atoms with E-state index < -0.39 is 4.92 Å². The average Bonchev–Trinajstić information content (AvgIpc) is 3.30. The van der Waals surface area contributed by atoms with Crippen LogP contribution in [0, 0.1) is 10.1 Å². The van der Waals surface area contributed by atoms with Crippen molar-refractivity contribution >= 4 is 5.69 Å². The van der Waals surface area contributed by atoms with Crippen LogP contribution in [0.4, 0.5) is 5.69 Å². The molecule has 0 saturated heterocycles. The second-order valence-corrected chi connectivity index (χ2v) is 4.83. The molecule has 0 bridgehead atoms. The van der Waals surface area contributed by atoms with Gasteiger partial charge in [-0.15, -0.1) is 0 Å². The lowest BCUT2D eigenvalue weighted by atomic mass is 10.2. The van der Waals surface area contributed by atoms with E-state index in [2.05, 4.69) is 15.3 Å². The molecule has 1 aliphatic carbocycles. The minimum atomic E-state index is -0.415. The van der Waals surface area contributed by atoms with Crippen molar-refractivity contribution in [2.45, 2.75) is 25.4 Å². The molecule has 1 aromatic heterocycles. The van der Waals surface area contributed by atoms with E-state index in [0.29, 0.717) is 24.0 Å². The number of rotatable bonds is 5. The highest BCUT2D eigenvalue weighted by atomic mass is 16.6. The van der Waals surface area contributed by atoms with Gasteiger partial charge in [0.15, 0.2) is 5.82 Å². The molecule has 3 rings (SSSR count). The van der Waals surface area contributed by atoms with Crippen molar-refractivity contribution in [3.63, 3.8) is 0 Å². The summed E-state index contributed by atoms with van der Waals surface area (Å²) in [6.07, 6.45) is 4.14. The molecule has 1 heterocycles. The van der Waals surface area contributed by atoms with Crippen molar-refractivity contribution < 1.29 is 4.92 Å². The lowest BCUT2D eigenvalue weighted by Gasteiger charge is -2.05. The standard InChI is InChI=1S/C14H14N4O2/c19-18(20)13-3-1-2-10(8-13)14-15-7-6-12(17-14)9-16-11-4-5-11/h1-3,6-8,11,16H,4-5,9H2. The quantitative estimate of drug-likeness (QED) is 0.666. The molecule has 0 aliphatic heterocycles. The Morgan fingerprint density at radius 2 is 2.20 bits per heavy atom. The molecular formula is C14H14N4O2. The maximum Gasteiger partial charge on any atom is 0.270 e. The van der Waals surface area contributed by atoms with E-state index in [1.54, 1.807) is 18.3 Å². The minimum Gasteiger partial charge on any atom is -0.308 e. The van der Waals surface area contributed by atoms with Crippen molar-refractivity contribution in [3.05, 3.63) is 52.3 Å². The first-order valence-corrected chi connectivity index (χ1v) is 6.52. The van der Waals surface area contributed by atoms with Gasteiger partial charge in [-0.2, -0.15) is 0 Å². The molecular weight excluding hydrogens is 256 g/mol. The molecule has 0 spiro atoms. The summed E-state index contributed by atoms with van der Waals surface area (Å²) in [7, 11) is 0. The summed E-state index contributed by atoms with van der Waals surface area (Å²) < 4.78 is 0. The van der Waals surface area contributed by atoms with Crippen molar-refractivity contribution in [2.24, 2.45) is 0 Å². The van der Waals surface area contributed by atoms with Crippen LogP contribution in [0.2, 0.25) is 0 Å². The Morgan fingerprint density at radius 1 is 1.35 bits per heavy atom. The van der Waals surface area contributed by atoms with Gasteiger partial charge in [0.2, 0.25) is 0 Å². The minimum absolute atomic E-state index is 0.0487. The van der Waals surface area contributed by atoms with Gasteiger partial charge >= 0.3 is 0 Å². The van der Waals surface area contributed by atoms with Crippen LogP contribution in [0.25, 0.3) is 11.4 Å². The molecule has 102 valence electrons. The molecule has 6 nitrogen and oxygen atoms in total. The molecule has 0 amide bonds. The Balaban J connectivity index is 1.83. The number of nitrogens with zero attached hydrogens (tertiary/aromatic N) is 3. The zero-order valence-corrected chi connectivity index (χ0v) is 10.8. The van der Waals surface area contributed by atoms with Gasteiger partial charge in [-0.1, -0.05) is 12.1 Å². The summed E-state index contributed by atoms with van der Waals surface area (Å²) in [5, 5.41) is 14.2. The number of non-ortho nitro benzene ring substituents is 1. The third-order valence-electron chi connectivity index (χ3n) is 3.18. The molecule has 0 atom stereocenters. The third-order valence-corrected chi connectivity index (χ3v) is 3.18. The largest absolute Gasteiger partial charge is 0.308 e. The predicted octanol–water partition coefficient (Wildman–Crippen LogP) is 2.30. The number of nitro benzene ring substituents is 1. The van der Waals surface area contributed by atoms with Crippen LogP contribution in [-0.2, 0) is 6.54 Å². The number of benzene rings is 1. The van der Waals surface area contributed by atoms with Crippen LogP contribution in [0.15, 0.2) is 36.5 Å². The highest BCUT2D eigenvalue weighted by Gasteiger charge is 2.20. The fourth-order valence-corrected chi connectivity index (χ4v) is 1.93. The average molecular weight is 270 g/mol. The third kappa shape index (κ3) is 2.97. The molecule has 1 fully saturated rings. The van der Waals surface area contributed by atoms with Crippen molar-refractivity contribution in [1.29, 1.82) is 0 Å². The topological polar surface area (TPSA) is 81.0 Å². The van der Waals surface area contributed by atoms with Crippen LogP contribution in [0.3, 0.4) is 0 Å². The first-order valence-electron chi connectivity index (χ1n) is 6.52. The fraction of sp³-hybridized carbons (Fsp3) is 0.286. The van der Waals surface area contributed by atoms with E-state index in [1.165, 1.54) is 25.0 Å². The molecule has 2 aromatic rings. The first-order chi connectivity index (χ1) is 9.72. The Kier molecular flexibility index (Phi) is 3.39. The lowest BCUT2D eigenvalue weighted by Crippen LogP contribution is -2.16. The number of hydrogen-bond acceptors (Lipinski definition) is 5. The number of nitrogens with one attached hydrogen (secondary N) is 1. The highest BCUT2D eigenvalue weighted by Crippen LogP contribution is 2.21. The number of hydrogen-bond donors (Lipinski definition) is 1. The Morgan fingerprint density at radius 3 is 2.95 bits per heavy atom. The molecule has 1 aromatic carbocycles. The highest BCUT2D eigenvalue weighted by molar-refractivity contribution is 5.58. The Bertz CT molecular complexity index is 641. The number of aromatic nitrogens is 2. The van der Waals surface area contributed by atoms with E-state index in [1.807, 2.05) is 6.07 Å². The van der Waals surface area contributed by atoms with Gasteiger partial charge in [0.1, 0.15) is 0 Å². The molecule has 1 saturated carbocycles. The molecule has 20 heavy (non-hydrogen) atoms. The zero-order chi connectivity index (χ0) is 13.9. The zero-order valence-electron chi connectivity index (χ0n) is 10.8. The summed E-state index contributed by atoms with van der Waals surface area (Å²) in [4.78, 5) is 19.0. The van der Waals surface area contributed by atoms with Crippen LogP contribution in [0.1, 0.15) is 18.5 Å². The molecule has 0 radical (unpaired) electrons. The van der Waals surface area contributed by atoms with Gasteiger partial charge in [0, 0.05) is 36.5 Å². The molecule has 0 unspecified atom stereocenters. The second-order valence-electron chi connectivity index (χ2n) is 4.83. The van der Waals surface area contributed by atoms with Crippen molar-refractivity contribution in [3.8, 4) is 11.4 Å². The summed E-state index contributed by atoms with van der Waals surface area (Å²) >= 11 is 0. The summed E-state index contributed by atoms with van der Waals surface area (Å²) in [5.74, 6) is 0.517. The van der Waals surface area contributed by atoms with Crippen molar-refractivity contribution in [2.75, 3.05) is 0 Å². The first kappa shape index (κ1) is 12.7. The van der Waals surface area contributed by atoms with Gasteiger partial charge in [-0.25, -0.2) is 9.97 Å². The summed E-state index contributed by atoms with van der Waals surface area (Å²) in [5.41, 5.74) is 1.61. The van der Waals surface area contributed by atoms with Crippen LogP contribution < -0.4 is 5.32 Å². The van der Waals surface area contributed by atoms with E-state index >= 15 is 0 Å². The second kappa shape index (κ2) is 5.34. The normalized spacial score (nSPS) is 14.2. The van der Waals surface area contributed by atoms with Gasteiger partial charge in [-0.3, -0.25) is 10.1 Å². The van der Waals surface area contributed by atoms with E-state index in [-0.39, 0.29) is 5.69 Å². The van der Waals surface area contributed by atoms with Crippen LogP contribution in [0.5, 0.6) is 0 Å². The van der Waals surface area contributed by atoms with E-state index in [9.17, 15) is 10.1 Å². The number of nitro groups is 1. The van der Waals surface area contributed by atoms with Crippen molar-refractivity contribution in [1.82, 2.24) is 15.3 Å². The van der Waals surface area contributed by atoms with Gasteiger partial charge in [0.05, 0.1) is 10.6 Å². The maximum atomic E-state index is 10.8. The molecule has 1 N–H and O–H groups in total. The summed E-state index contributed by atoms with van der Waals surface area (Å²) in [6.45, 7) is 0.703.